The molecule has 0 radical (unpaired) electrons. The quantitative estimate of drug-likeness (QED) is 0.757. The Kier molecular flexibility index (Phi) is 3.18. The number of esters is 1. The van der Waals surface area contributed by atoms with Gasteiger partial charge in [-0.1, -0.05) is 0 Å². The molecule has 0 N–H and O–H groups in total. The van der Waals surface area contributed by atoms with Crippen molar-refractivity contribution >= 4 is 5.97 Å². The molecule has 0 spiro atoms. The number of oxazole rings is 1. The van der Waals surface area contributed by atoms with E-state index < -0.39 is 5.97 Å². The van der Waals surface area contributed by atoms with Gasteiger partial charge in [0.25, 0.3) is 0 Å². The topological polar surface area (TPSA) is 65.2 Å². The maximum absolute atomic E-state index is 11.6. The predicted octanol–water partition coefficient (Wildman–Crippen LogP) is 2.04. The van der Waals surface area contributed by atoms with E-state index in [1.807, 2.05) is 13.8 Å². The van der Waals surface area contributed by atoms with Crippen LogP contribution in [0.25, 0.3) is 0 Å². The van der Waals surface area contributed by atoms with Gasteiger partial charge in [0.1, 0.15) is 5.76 Å². The Hall–Kier alpha value is -2.17. The molecule has 0 saturated heterocycles. The first-order valence-electron chi connectivity index (χ1n) is 5.17. The van der Waals surface area contributed by atoms with Crippen LogP contribution in [0, 0.1) is 13.8 Å². The van der Waals surface area contributed by atoms with Gasteiger partial charge >= 0.3 is 5.97 Å². The molecule has 0 atom stereocenters. The van der Waals surface area contributed by atoms with Crippen molar-refractivity contribution in [3.8, 4) is 0 Å². The highest BCUT2D eigenvalue weighted by atomic mass is 16.5. The molecule has 17 heavy (non-hydrogen) atoms. The predicted molar refractivity (Wildman–Crippen MR) is 59.3 cm³/mol. The minimum Gasteiger partial charge on any atom is -0.452 e. The second-order valence-electron chi connectivity index (χ2n) is 3.56. The van der Waals surface area contributed by atoms with Gasteiger partial charge in [0, 0.05) is 12.4 Å². The van der Waals surface area contributed by atoms with E-state index in [4.69, 9.17) is 9.15 Å². The summed E-state index contributed by atoms with van der Waals surface area (Å²) in [7, 11) is 0. The molecule has 2 aromatic rings. The standard InChI is InChI=1S/C12H12N2O3/c1-8-9(2)17-11(14-8)7-16-12(15)10-3-5-13-6-4-10/h3-6H,7H2,1-2H3. The van der Waals surface area contributed by atoms with Crippen LogP contribution in [0.2, 0.25) is 0 Å². The van der Waals surface area contributed by atoms with Crippen molar-refractivity contribution in [2.24, 2.45) is 0 Å². The van der Waals surface area contributed by atoms with Gasteiger partial charge in [0.15, 0.2) is 6.61 Å². The van der Waals surface area contributed by atoms with E-state index in [9.17, 15) is 4.79 Å². The highest BCUT2D eigenvalue weighted by molar-refractivity contribution is 5.89. The lowest BCUT2D eigenvalue weighted by molar-refractivity contribution is 0.0437. The van der Waals surface area contributed by atoms with Crippen molar-refractivity contribution in [3.05, 3.63) is 47.4 Å². The number of nitrogens with zero attached hydrogens (tertiary/aromatic N) is 2. The van der Waals surface area contributed by atoms with Crippen LogP contribution in [0.1, 0.15) is 27.7 Å². The van der Waals surface area contributed by atoms with Gasteiger partial charge in [-0.2, -0.15) is 0 Å². The second-order valence-corrected chi connectivity index (χ2v) is 3.56. The average Bonchev–Trinajstić information content (AvgIpc) is 2.67. The minimum atomic E-state index is -0.416. The van der Waals surface area contributed by atoms with E-state index in [-0.39, 0.29) is 6.61 Å². The number of hydrogen-bond donors (Lipinski definition) is 0. The van der Waals surface area contributed by atoms with Gasteiger partial charge in [-0.15, -0.1) is 0 Å². The van der Waals surface area contributed by atoms with Gasteiger partial charge in [0.2, 0.25) is 5.89 Å². The molecule has 2 aromatic heterocycles. The number of aromatic nitrogens is 2. The third kappa shape index (κ3) is 2.69. The molecule has 2 rings (SSSR count). The fourth-order valence-electron chi connectivity index (χ4n) is 1.30. The fourth-order valence-corrected chi connectivity index (χ4v) is 1.30. The maximum Gasteiger partial charge on any atom is 0.338 e. The van der Waals surface area contributed by atoms with E-state index in [1.54, 1.807) is 12.1 Å². The van der Waals surface area contributed by atoms with E-state index in [1.165, 1.54) is 12.4 Å². The zero-order chi connectivity index (χ0) is 12.3. The molecule has 0 amide bonds. The smallest absolute Gasteiger partial charge is 0.338 e. The third-order valence-corrected chi connectivity index (χ3v) is 2.32. The number of carbonyl (C=O) groups is 1. The van der Waals surface area contributed by atoms with Gasteiger partial charge in [-0.25, -0.2) is 9.78 Å². The maximum atomic E-state index is 11.6. The second kappa shape index (κ2) is 4.78. The summed E-state index contributed by atoms with van der Waals surface area (Å²) in [6.45, 7) is 3.69. The average molecular weight is 232 g/mol. The fraction of sp³-hybridized carbons (Fsp3) is 0.250. The summed E-state index contributed by atoms with van der Waals surface area (Å²) in [6, 6.07) is 3.18. The summed E-state index contributed by atoms with van der Waals surface area (Å²) < 4.78 is 10.4. The first kappa shape index (κ1) is 11.3. The lowest BCUT2D eigenvalue weighted by Gasteiger charge is -2.01. The highest BCUT2D eigenvalue weighted by Crippen LogP contribution is 2.10. The lowest BCUT2D eigenvalue weighted by atomic mass is 10.3. The summed E-state index contributed by atoms with van der Waals surface area (Å²) in [4.78, 5) is 19.5. The summed E-state index contributed by atoms with van der Waals surface area (Å²) in [5.74, 6) is 0.725. The van der Waals surface area contributed by atoms with Crippen LogP contribution in [0.5, 0.6) is 0 Å². The first-order valence-corrected chi connectivity index (χ1v) is 5.17. The molecule has 0 aliphatic carbocycles. The van der Waals surface area contributed by atoms with Crippen LogP contribution in [0.15, 0.2) is 28.9 Å². The molecule has 0 saturated carbocycles. The highest BCUT2D eigenvalue weighted by Gasteiger charge is 2.10. The van der Waals surface area contributed by atoms with E-state index in [0.717, 1.165) is 11.5 Å². The minimum absolute atomic E-state index is 0.0375. The van der Waals surface area contributed by atoms with Gasteiger partial charge in [-0.3, -0.25) is 4.98 Å². The third-order valence-electron chi connectivity index (χ3n) is 2.32. The van der Waals surface area contributed by atoms with Crippen LogP contribution in [-0.4, -0.2) is 15.9 Å². The molecule has 0 fully saturated rings. The molecule has 5 heteroatoms. The van der Waals surface area contributed by atoms with Crippen LogP contribution in [-0.2, 0) is 11.3 Å². The monoisotopic (exact) mass is 232 g/mol. The number of ether oxygens (including phenoxy) is 1. The van der Waals surface area contributed by atoms with Crippen molar-refractivity contribution in [3.63, 3.8) is 0 Å². The lowest BCUT2D eigenvalue weighted by Crippen LogP contribution is -2.05. The summed E-state index contributed by atoms with van der Waals surface area (Å²) in [5, 5.41) is 0. The Balaban J connectivity index is 1.97. The Morgan fingerprint density at radius 1 is 1.35 bits per heavy atom. The molecule has 0 aliphatic heterocycles. The summed E-state index contributed by atoms with van der Waals surface area (Å²) in [5.41, 5.74) is 1.26. The van der Waals surface area contributed by atoms with E-state index >= 15 is 0 Å². The number of hydrogen-bond acceptors (Lipinski definition) is 5. The number of rotatable bonds is 3. The SMILES string of the molecule is Cc1nc(COC(=O)c2ccncc2)oc1C. The number of aryl methyl sites for hydroxylation is 2. The zero-order valence-electron chi connectivity index (χ0n) is 9.64. The van der Waals surface area contributed by atoms with Crippen molar-refractivity contribution < 1.29 is 13.9 Å². The number of carbonyl (C=O) groups excluding carboxylic acids is 1. The van der Waals surface area contributed by atoms with Gasteiger partial charge < -0.3 is 9.15 Å². The molecule has 2 heterocycles. The molecular weight excluding hydrogens is 220 g/mol. The molecule has 0 aromatic carbocycles. The molecular formula is C12H12N2O3. The molecule has 0 unspecified atom stereocenters. The Bertz CT molecular complexity index is 500. The van der Waals surface area contributed by atoms with Crippen LogP contribution >= 0.6 is 0 Å². The van der Waals surface area contributed by atoms with Crippen molar-refractivity contribution in [2.75, 3.05) is 0 Å². The number of pyridine rings is 1. The van der Waals surface area contributed by atoms with E-state index in [2.05, 4.69) is 9.97 Å². The van der Waals surface area contributed by atoms with Crippen LogP contribution in [0.4, 0.5) is 0 Å². The Morgan fingerprint density at radius 3 is 2.65 bits per heavy atom. The molecule has 88 valence electrons. The zero-order valence-corrected chi connectivity index (χ0v) is 9.64. The molecule has 0 aliphatic rings. The van der Waals surface area contributed by atoms with Crippen LogP contribution in [0.3, 0.4) is 0 Å². The summed E-state index contributed by atoms with van der Waals surface area (Å²) >= 11 is 0. The normalized spacial score (nSPS) is 10.2. The van der Waals surface area contributed by atoms with Crippen molar-refractivity contribution in [1.82, 2.24) is 9.97 Å². The molecule has 0 bridgehead atoms. The van der Waals surface area contributed by atoms with Crippen molar-refractivity contribution in [2.45, 2.75) is 20.5 Å². The first-order chi connectivity index (χ1) is 8.16. The largest absolute Gasteiger partial charge is 0.452 e. The van der Waals surface area contributed by atoms with Crippen molar-refractivity contribution in [1.29, 1.82) is 0 Å². The van der Waals surface area contributed by atoms with E-state index in [0.29, 0.717) is 11.5 Å². The molecule has 5 nitrogen and oxygen atoms in total. The Morgan fingerprint density at radius 2 is 2.06 bits per heavy atom. The van der Waals surface area contributed by atoms with Gasteiger partial charge in [-0.05, 0) is 26.0 Å². The Labute approximate surface area is 98.5 Å². The van der Waals surface area contributed by atoms with Gasteiger partial charge in [0.05, 0.1) is 11.3 Å². The summed E-state index contributed by atoms with van der Waals surface area (Å²) in [6.07, 6.45) is 3.08. The van der Waals surface area contributed by atoms with Crippen LogP contribution < -0.4 is 0 Å².